The molecular weight excluding hydrogens is 625 g/mol. The van der Waals surface area contributed by atoms with Crippen molar-refractivity contribution >= 4 is 0 Å². The first-order chi connectivity index (χ1) is 21.2. The number of halogens is 11. The van der Waals surface area contributed by atoms with Gasteiger partial charge in [-0.25, -0.2) is 26.3 Å². The highest BCUT2D eigenvalue weighted by molar-refractivity contribution is 5.72. The van der Waals surface area contributed by atoms with Gasteiger partial charge in [0.1, 0.15) is 34.6 Å². The molecule has 0 atom stereocenters. The Balaban J connectivity index is 1.60. The molecule has 0 aromatic heterocycles. The van der Waals surface area contributed by atoms with E-state index in [4.69, 9.17) is 0 Å². The lowest BCUT2D eigenvalue weighted by Gasteiger charge is -2.20. The molecular formula is C32H19F11O2. The van der Waals surface area contributed by atoms with Crippen molar-refractivity contribution in [1.29, 1.82) is 0 Å². The molecule has 45 heavy (non-hydrogen) atoms. The molecule has 4 aromatic rings. The summed E-state index contributed by atoms with van der Waals surface area (Å²) in [6.07, 6.45) is -2.97. The van der Waals surface area contributed by atoms with Gasteiger partial charge in [-0.2, -0.15) is 22.0 Å². The van der Waals surface area contributed by atoms with Gasteiger partial charge in [0.2, 0.25) is 5.75 Å². The molecule has 0 aliphatic carbocycles. The van der Waals surface area contributed by atoms with Crippen LogP contribution in [0.3, 0.4) is 0 Å². The molecule has 2 nitrogen and oxygen atoms in total. The van der Waals surface area contributed by atoms with Crippen LogP contribution in [0.5, 0.6) is 11.5 Å². The molecule has 4 aromatic carbocycles. The second-order valence-electron chi connectivity index (χ2n) is 9.40. The maximum absolute atomic E-state index is 15.1. The van der Waals surface area contributed by atoms with E-state index in [1.54, 1.807) is 6.07 Å². The normalized spacial score (nSPS) is 11.6. The number of hydrogen-bond donors (Lipinski definition) is 0. The molecule has 0 N–H and O–H groups in total. The molecule has 0 aliphatic heterocycles. The van der Waals surface area contributed by atoms with Crippen LogP contribution < -0.4 is 9.47 Å². The van der Waals surface area contributed by atoms with E-state index in [0.29, 0.717) is 30.5 Å². The summed E-state index contributed by atoms with van der Waals surface area (Å²) in [7, 11) is 0. The van der Waals surface area contributed by atoms with Crippen molar-refractivity contribution < 1.29 is 57.8 Å². The van der Waals surface area contributed by atoms with Gasteiger partial charge in [0.15, 0.2) is 11.6 Å². The lowest BCUT2D eigenvalue weighted by molar-refractivity contribution is -0.189. The summed E-state index contributed by atoms with van der Waals surface area (Å²) in [5.74, 6) is -12.6. The topological polar surface area (TPSA) is 18.5 Å². The summed E-state index contributed by atoms with van der Waals surface area (Å²) in [4.78, 5) is 0. The molecule has 0 heterocycles. The SMILES string of the molecule is CC=CCCc1ccc(-c2ccc(-c3cc(F)c(C(F)(F)Oc4cc(F)c(OC(F)=C(F)F)c(F)c4)c(F)c3)c(F)c2)c(F)c1. The highest BCUT2D eigenvalue weighted by Gasteiger charge is 2.42. The van der Waals surface area contributed by atoms with Crippen molar-refractivity contribution in [2.75, 3.05) is 0 Å². The van der Waals surface area contributed by atoms with Gasteiger partial charge < -0.3 is 9.47 Å². The monoisotopic (exact) mass is 644 g/mol. The van der Waals surface area contributed by atoms with Gasteiger partial charge in [-0.1, -0.05) is 36.4 Å². The molecule has 0 saturated carbocycles. The van der Waals surface area contributed by atoms with E-state index in [0.717, 1.165) is 12.1 Å². The third kappa shape index (κ3) is 7.47. The number of hydrogen-bond acceptors (Lipinski definition) is 2. The molecule has 0 aliphatic rings. The average molecular weight is 644 g/mol. The van der Waals surface area contributed by atoms with Crippen LogP contribution in [0.1, 0.15) is 24.5 Å². The second-order valence-corrected chi connectivity index (χ2v) is 9.40. The Morgan fingerprint density at radius 1 is 0.689 bits per heavy atom. The van der Waals surface area contributed by atoms with E-state index in [-0.39, 0.29) is 23.3 Å². The number of alkyl halides is 2. The van der Waals surface area contributed by atoms with Crippen LogP contribution >= 0.6 is 0 Å². The summed E-state index contributed by atoms with van der Waals surface area (Å²) in [6, 6.07) is 5.61. The fourth-order valence-corrected chi connectivity index (χ4v) is 4.31. The van der Waals surface area contributed by atoms with E-state index < -0.39 is 81.3 Å². The quantitative estimate of drug-likeness (QED) is 0.0972. The number of ether oxygens (including phenoxy) is 2. The smallest absolute Gasteiger partial charge is 0.429 e. The van der Waals surface area contributed by atoms with Crippen molar-refractivity contribution in [3.05, 3.63) is 131 Å². The van der Waals surface area contributed by atoms with Crippen LogP contribution in [0.25, 0.3) is 22.3 Å². The first kappa shape index (κ1) is 33.1. The molecule has 13 heteroatoms. The van der Waals surface area contributed by atoms with Gasteiger partial charge in [-0.05, 0) is 60.7 Å². The van der Waals surface area contributed by atoms with Crippen LogP contribution in [0.2, 0.25) is 0 Å². The number of rotatable bonds is 10. The van der Waals surface area contributed by atoms with Crippen molar-refractivity contribution in [1.82, 2.24) is 0 Å². The minimum absolute atomic E-state index is 0.0307. The lowest BCUT2D eigenvalue weighted by atomic mass is 9.97. The van der Waals surface area contributed by atoms with Gasteiger partial charge in [0.05, 0.1) is 0 Å². The van der Waals surface area contributed by atoms with E-state index in [9.17, 15) is 43.9 Å². The Morgan fingerprint density at radius 2 is 1.24 bits per heavy atom. The Hall–Kier alpha value is -4.81. The minimum Gasteiger partial charge on any atom is -0.429 e. The van der Waals surface area contributed by atoms with Gasteiger partial charge in [0.25, 0.3) is 0 Å². The Bertz CT molecular complexity index is 1750. The summed E-state index contributed by atoms with van der Waals surface area (Å²) in [5.41, 5.74) is -2.13. The molecule has 0 fully saturated rings. The standard InChI is InChI=1S/C32H19F11O2/c1-2-3-4-5-16-6-8-20(22(33)10-16)17-7-9-21(23(34)11-17)18-12-24(35)28(25(36)13-18)32(42,43)45-19-14-26(37)29(27(38)15-19)44-31(41)30(39)40/h2-3,6-15H,4-5H2,1H3. The molecule has 0 unspecified atom stereocenters. The van der Waals surface area contributed by atoms with E-state index in [1.165, 1.54) is 18.2 Å². The molecule has 0 spiro atoms. The lowest BCUT2D eigenvalue weighted by Crippen LogP contribution is -2.25. The van der Waals surface area contributed by atoms with Gasteiger partial charge in [-0.15, -0.1) is 0 Å². The summed E-state index contributed by atoms with van der Waals surface area (Å²) in [6.45, 7) is 1.85. The predicted octanol–water partition coefficient (Wildman–Crippen LogP) is 10.9. The summed E-state index contributed by atoms with van der Waals surface area (Å²) >= 11 is 0. The second kappa shape index (κ2) is 13.4. The van der Waals surface area contributed by atoms with Crippen LogP contribution in [0, 0.1) is 34.9 Å². The molecule has 0 amide bonds. The third-order valence-electron chi connectivity index (χ3n) is 6.35. The fourth-order valence-electron chi connectivity index (χ4n) is 4.31. The zero-order valence-electron chi connectivity index (χ0n) is 22.8. The summed E-state index contributed by atoms with van der Waals surface area (Å²) < 4.78 is 162. The Labute approximate surface area is 248 Å². The van der Waals surface area contributed by atoms with Crippen molar-refractivity contribution in [3.63, 3.8) is 0 Å². The molecule has 236 valence electrons. The zero-order valence-corrected chi connectivity index (χ0v) is 22.8. The van der Waals surface area contributed by atoms with Gasteiger partial charge in [-0.3, -0.25) is 0 Å². The van der Waals surface area contributed by atoms with Gasteiger partial charge in [0, 0.05) is 23.3 Å². The Kier molecular flexibility index (Phi) is 9.89. The molecule has 0 bridgehead atoms. The maximum Gasteiger partial charge on any atom is 0.432 e. The van der Waals surface area contributed by atoms with E-state index in [2.05, 4.69) is 9.47 Å². The molecule has 0 radical (unpaired) electrons. The minimum atomic E-state index is -4.93. The largest absolute Gasteiger partial charge is 0.432 e. The molecule has 4 rings (SSSR count). The van der Waals surface area contributed by atoms with E-state index >= 15 is 4.39 Å². The number of allylic oxidation sites excluding steroid dienone is 2. The zero-order chi connectivity index (χ0) is 33.1. The van der Waals surface area contributed by atoms with Crippen LogP contribution in [0.4, 0.5) is 48.3 Å². The average Bonchev–Trinajstić information content (AvgIpc) is 2.94. The van der Waals surface area contributed by atoms with Crippen molar-refractivity contribution in [2.24, 2.45) is 0 Å². The molecule has 0 saturated heterocycles. The highest BCUT2D eigenvalue weighted by atomic mass is 19.3. The maximum atomic E-state index is 15.1. The predicted molar refractivity (Wildman–Crippen MR) is 142 cm³/mol. The first-order valence-corrected chi connectivity index (χ1v) is 12.9. The first-order valence-electron chi connectivity index (χ1n) is 12.9. The Morgan fingerprint density at radius 3 is 1.80 bits per heavy atom. The summed E-state index contributed by atoms with van der Waals surface area (Å²) in [5, 5.41) is 0. The number of benzene rings is 4. The number of aryl methyl sites for hydroxylation is 1. The van der Waals surface area contributed by atoms with Crippen LogP contribution in [0.15, 0.2) is 84.9 Å². The third-order valence-corrected chi connectivity index (χ3v) is 6.35. The fraction of sp³-hybridized carbons (Fsp3) is 0.125. The van der Waals surface area contributed by atoms with E-state index in [1.807, 2.05) is 19.1 Å². The highest BCUT2D eigenvalue weighted by Crippen LogP contribution is 2.39. The van der Waals surface area contributed by atoms with Gasteiger partial charge >= 0.3 is 18.2 Å². The van der Waals surface area contributed by atoms with Crippen LogP contribution in [-0.4, -0.2) is 0 Å². The van der Waals surface area contributed by atoms with Crippen molar-refractivity contribution in [3.8, 4) is 33.8 Å². The van der Waals surface area contributed by atoms with Crippen LogP contribution in [-0.2, 0) is 12.5 Å². The van der Waals surface area contributed by atoms with Crippen molar-refractivity contribution in [2.45, 2.75) is 25.9 Å².